The number of benzene rings is 4. The van der Waals surface area contributed by atoms with Crippen molar-refractivity contribution in [1.82, 2.24) is 0 Å². The Balaban J connectivity index is 2.09. The predicted octanol–water partition coefficient (Wildman–Crippen LogP) is 4.70. The van der Waals surface area contributed by atoms with E-state index in [-0.39, 0.29) is 0 Å². The molecule has 0 unspecified atom stereocenters. The SMILES string of the molecule is N#Cc1ccc(C=P(c2ccccc2)(c2ccccc2)c2ccccc2)cc1. The van der Waals surface area contributed by atoms with E-state index in [0.717, 1.165) is 5.56 Å². The van der Waals surface area contributed by atoms with Crippen LogP contribution in [0, 0.1) is 11.3 Å². The molecule has 0 aliphatic carbocycles. The summed E-state index contributed by atoms with van der Waals surface area (Å²) in [6.07, 6.45) is 0. The van der Waals surface area contributed by atoms with Crippen molar-refractivity contribution in [3.05, 3.63) is 126 Å². The van der Waals surface area contributed by atoms with Gasteiger partial charge in [0, 0.05) is 0 Å². The summed E-state index contributed by atoms with van der Waals surface area (Å²) in [5.41, 5.74) is 1.81. The van der Waals surface area contributed by atoms with Crippen molar-refractivity contribution in [2.75, 3.05) is 0 Å². The fourth-order valence-corrected chi connectivity index (χ4v) is 7.42. The van der Waals surface area contributed by atoms with E-state index in [1.165, 1.54) is 15.9 Å². The normalized spacial score (nSPS) is 10.8. The van der Waals surface area contributed by atoms with Gasteiger partial charge in [-0.3, -0.25) is 0 Å². The molecule has 0 saturated carbocycles. The van der Waals surface area contributed by atoms with Gasteiger partial charge >= 0.3 is 0 Å². The van der Waals surface area contributed by atoms with Crippen LogP contribution in [0.15, 0.2) is 115 Å². The number of hydrogen-bond acceptors (Lipinski definition) is 1. The molecular weight excluding hydrogens is 357 g/mol. The van der Waals surface area contributed by atoms with Crippen molar-refractivity contribution in [3.63, 3.8) is 0 Å². The number of nitriles is 1. The Labute approximate surface area is 166 Å². The highest BCUT2D eigenvalue weighted by atomic mass is 31.2. The molecule has 0 N–H and O–H groups in total. The zero-order valence-electron chi connectivity index (χ0n) is 15.4. The van der Waals surface area contributed by atoms with Gasteiger partial charge in [0.15, 0.2) is 0 Å². The fourth-order valence-electron chi connectivity index (χ4n) is 3.53. The highest BCUT2D eigenvalue weighted by Gasteiger charge is 2.24. The predicted molar refractivity (Wildman–Crippen MR) is 121 cm³/mol. The molecule has 0 aliphatic heterocycles. The van der Waals surface area contributed by atoms with Crippen molar-refractivity contribution < 1.29 is 0 Å². The van der Waals surface area contributed by atoms with Crippen LogP contribution < -0.4 is 15.9 Å². The molecule has 0 aliphatic rings. The second-order valence-corrected chi connectivity index (χ2v) is 9.85. The third kappa shape index (κ3) is 3.44. The molecule has 0 amide bonds. The summed E-state index contributed by atoms with van der Waals surface area (Å²) < 4.78 is 0. The van der Waals surface area contributed by atoms with Gasteiger partial charge in [-0.25, -0.2) is 0 Å². The summed E-state index contributed by atoms with van der Waals surface area (Å²) in [6.45, 7) is -2.01. The van der Waals surface area contributed by atoms with Crippen molar-refractivity contribution in [3.8, 4) is 6.07 Å². The van der Waals surface area contributed by atoms with Crippen LogP contribution >= 0.6 is 6.89 Å². The van der Waals surface area contributed by atoms with Crippen LogP contribution in [0.3, 0.4) is 0 Å². The highest BCUT2D eigenvalue weighted by Crippen LogP contribution is 2.44. The van der Waals surface area contributed by atoms with Crippen molar-refractivity contribution in [2.45, 2.75) is 0 Å². The maximum Gasteiger partial charge on any atom is 0.0991 e. The third-order valence-electron chi connectivity index (χ3n) is 4.87. The minimum atomic E-state index is -2.01. The van der Waals surface area contributed by atoms with Gasteiger partial charge in [0.1, 0.15) is 0 Å². The van der Waals surface area contributed by atoms with Gasteiger partial charge in [0.05, 0.1) is 11.6 Å². The third-order valence-corrected chi connectivity index (χ3v) is 8.90. The van der Waals surface area contributed by atoms with Crippen LogP contribution in [0.4, 0.5) is 0 Å². The molecule has 28 heavy (non-hydrogen) atoms. The zero-order chi connectivity index (χ0) is 19.2. The first kappa shape index (κ1) is 18.1. The highest BCUT2D eigenvalue weighted by molar-refractivity contribution is 7.94. The summed E-state index contributed by atoms with van der Waals surface area (Å²) in [6, 6.07) is 42.3. The summed E-state index contributed by atoms with van der Waals surface area (Å²) in [5, 5.41) is 13.1. The van der Waals surface area contributed by atoms with Gasteiger partial charge in [-0.2, -0.15) is 5.26 Å². The standard InChI is InChI=1S/C26H20NP/c27-20-22-16-18-23(19-17-22)21-28(24-10-4-1-5-11-24,25-12-6-2-7-13-25)26-14-8-3-9-15-26/h1-19,21H. The summed E-state index contributed by atoms with van der Waals surface area (Å²) >= 11 is 0. The number of nitrogens with zero attached hydrogens (tertiary/aromatic N) is 1. The quantitative estimate of drug-likeness (QED) is 0.473. The van der Waals surface area contributed by atoms with Crippen molar-refractivity contribution >= 4 is 28.6 Å². The fraction of sp³-hybridized carbons (Fsp3) is 0. The van der Waals surface area contributed by atoms with Gasteiger partial charge in [-0.1, -0.05) is 103 Å². The first-order valence-corrected chi connectivity index (χ1v) is 11.1. The molecule has 0 saturated heterocycles. The van der Waals surface area contributed by atoms with Crippen LogP contribution in [0.2, 0.25) is 0 Å². The zero-order valence-corrected chi connectivity index (χ0v) is 16.3. The van der Waals surface area contributed by atoms with E-state index in [0.29, 0.717) is 5.56 Å². The molecule has 134 valence electrons. The molecule has 0 radical (unpaired) electrons. The van der Waals surface area contributed by atoms with E-state index in [9.17, 15) is 0 Å². The molecule has 4 aromatic carbocycles. The van der Waals surface area contributed by atoms with Crippen LogP contribution in [0.1, 0.15) is 11.1 Å². The Bertz CT molecular complexity index is 1040. The molecule has 0 heterocycles. The van der Waals surface area contributed by atoms with E-state index >= 15 is 0 Å². The topological polar surface area (TPSA) is 23.8 Å². The Kier molecular flexibility index (Phi) is 5.24. The lowest BCUT2D eigenvalue weighted by Gasteiger charge is -2.29. The minimum absolute atomic E-state index is 0.681. The maximum absolute atomic E-state index is 9.14. The first-order valence-electron chi connectivity index (χ1n) is 9.24. The van der Waals surface area contributed by atoms with Crippen LogP contribution in [0.5, 0.6) is 0 Å². The largest absolute Gasteiger partial charge is 0.192 e. The van der Waals surface area contributed by atoms with Crippen LogP contribution in [-0.4, -0.2) is 5.80 Å². The van der Waals surface area contributed by atoms with Gasteiger partial charge in [0.2, 0.25) is 0 Å². The van der Waals surface area contributed by atoms with Crippen LogP contribution in [0.25, 0.3) is 0 Å². The second-order valence-electron chi connectivity index (χ2n) is 6.59. The maximum atomic E-state index is 9.14. The minimum Gasteiger partial charge on any atom is -0.192 e. The summed E-state index contributed by atoms with van der Waals surface area (Å²) in [5.74, 6) is 2.41. The van der Waals surface area contributed by atoms with E-state index in [4.69, 9.17) is 5.26 Å². The van der Waals surface area contributed by atoms with E-state index in [1.54, 1.807) is 0 Å². The molecule has 0 fully saturated rings. The Morgan fingerprint density at radius 2 is 0.929 bits per heavy atom. The Morgan fingerprint density at radius 1 is 0.536 bits per heavy atom. The molecular formula is C26H20NP. The monoisotopic (exact) mass is 377 g/mol. The van der Waals surface area contributed by atoms with Crippen molar-refractivity contribution in [1.29, 1.82) is 5.26 Å². The molecule has 4 rings (SSSR count). The van der Waals surface area contributed by atoms with E-state index < -0.39 is 6.89 Å². The molecule has 4 aromatic rings. The molecule has 1 nitrogen and oxygen atoms in total. The second kappa shape index (κ2) is 8.13. The average molecular weight is 377 g/mol. The van der Waals surface area contributed by atoms with Gasteiger partial charge in [-0.15, -0.1) is 0 Å². The summed E-state index contributed by atoms with van der Waals surface area (Å²) in [7, 11) is 0. The lowest BCUT2D eigenvalue weighted by Crippen LogP contribution is -2.27. The number of hydrogen-bond donors (Lipinski definition) is 0. The average Bonchev–Trinajstić information content (AvgIpc) is 2.80. The van der Waals surface area contributed by atoms with Gasteiger partial charge < -0.3 is 0 Å². The van der Waals surface area contributed by atoms with Gasteiger partial charge in [-0.05, 0) is 46.3 Å². The first-order chi connectivity index (χ1) is 13.8. The lowest BCUT2D eigenvalue weighted by molar-refractivity contribution is 1.48. The lowest BCUT2D eigenvalue weighted by atomic mass is 10.2. The molecule has 0 atom stereocenters. The summed E-state index contributed by atoms with van der Waals surface area (Å²) in [4.78, 5) is 0. The molecule has 2 heteroatoms. The Morgan fingerprint density at radius 3 is 1.29 bits per heavy atom. The van der Waals surface area contributed by atoms with E-state index in [2.05, 4.69) is 103 Å². The smallest absolute Gasteiger partial charge is 0.0991 e. The molecule has 0 bridgehead atoms. The van der Waals surface area contributed by atoms with Gasteiger partial charge in [0.25, 0.3) is 0 Å². The molecule has 0 spiro atoms. The van der Waals surface area contributed by atoms with E-state index in [1.807, 2.05) is 24.3 Å². The van der Waals surface area contributed by atoms with Crippen molar-refractivity contribution in [2.24, 2.45) is 0 Å². The molecule has 0 aromatic heterocycles. The Hall–Kier alpha value is -3.33. The van der Waals surface area contributed by atoms with Crippen LogP contribution in [-0.2, 0) is 0 Å². The number of rotatable bonds is 4.